The van der Waals surface area contributed by atoms with E-state index in [0.717, 1.165) is 18.2 Å². The zero-order valence-electron chi connectivity index (χ0n) is 10.4. The van der Waals surface area contributed by atoms with Gasteiger partial charge in [0.25, 0.3) is 0 Å². The number of benzene rings is 1. The number of hydrogen-bond donors (Lipinski definition) is 1. The lowest BCUT2D eigenvalue weighted by Crippen LogP contribution is -1.99. The molecule has 1 aromatic rings. The lowest BCUT2D eigenvalue weighted by Gasteiger charge is -2.13. The molecule has 98 valence electrons. The lowest BCUT2D eigenvalue weighted by molar-refractivity contribution is -0.136. The van der Waals surface area contributed by atoms with Crippen LogP contribution in [-0.2, 0) is 4.79 Å². The third-order valence-electron chi connectivity index (χ3n) is 2.58. The Morgan fingerprint density at radius 3 is 2.61 bits per heavy atom. The Hall–Kier alpha value is -1.71. The van der Waals surface area contributed by atoms with Crippen molar-refractivity contribution in [2.45, 2.75) is 26.7 Å². The summed E-state index contributed by atoms with van der Waals surface area (Å²) in [4.78, 5) is 10.4. The van der Waals surface area contributed by atoms with Gasteiger partial charge in [-0.3, -0.25) is 4.79 Å². The second-order valence-electron chi connectivity index (χ2n) is 4.37. The van der Waals surface area contributed by atoms with Gasteiger partial charge >= 0.3 is 5.97 Å². The van der Waals surface area contributed by atoms with Crippen LogP contribution >= 0.6 is 0 Å². The summed E-state index contributed by atoms with van der Waals surface area (Å²) in [6.45, 7) is 3.72. The van der Waals surface area contributed by atoms with E-state index in [4.69, 9.17) is 5.11 Å². The summed E-state index contributed by atoms with van der Waals surface area (Å²) in [5.41, 5.74) is 0.837. The van der Waals surface area contributed by atoms with Crippen LogP contribution in [0.4, 0.5) is 8.78 Å². The first-order chi connectivity index (χ1) is 8.41. The Labute approximate surface area is 105 Å². The van der Waals surface area contributed by atoms with Crippen LogP contribution < -0.4 is 0 Å². The second-order valence-corrected chi connectivity index (χ2v) is 4.37. The highest BCUT2D eigenvalue weighted by molar-refractivity contribution is 5.70. The maximum atomic E-state index is 13.6. The van der Waals surface area contributed by atoms with E-state index in [-0.39, 0.29) is 17.9 Å². The minimum atomic E-state index is -0.908. The summed E-state index contributed by atoms with van der Waals surface area (Å²) in [6.07, 6.45) is 1.95. The molecule has 0 aliphatic heterocycles. The largest absolute Gasteiger partial charge is 0.481 e. The number of allylic oxidation sites excluding steroid dienone is 2. The summed E-state index contributed by atoms with van der Waals surface area (Å²) >= 11 is 0. The highest BCUT2D eigenvalue weighted by Crippen LogP contribution is 2.27. The van der Waals surface area contributed by atoms with Crippen LogP contribution in [0.15, 0.2) is 24.3 Å². The summed E-state index contributed by atoms with van der Waals surface area (Å²) in [5.74, 6) is -1.91. The molecule has 0 fully saturated rings. The van der Waals surface area contributed by atoms with Crippen molar-refractivity contribution in [2.24, 2.45) is 5.92 Å². The van der Waals surface area contributed by atoms with Crippen molar-refractivity contribution in [2.75, 3.05) is 0 Å². The van der Waals surface area contributed by atoms with Gasteiger partial charge in [-0.25, -0.2) is 8.78 Å². The molecule has 0 amide bonds. The first-order valence-corrected chi connectivity index (χ1v) is 5.79. The van der Waals surface area contributed by atoms with Crippen LogP contribution in [-0.4, -0.2) is 11.1 Å². The fourth-order valence-electron chi connectivity index (χ4n) is 1.73. The molecule has 2 nitrogen and oxygen atoms in total. The van der Waals surface area contributed by atoms with Crippen molar-refractivity contribution < 1.29 is 18.7 Å². The molecule has 0 saturated carbocycles. The average Bonchev–Trinajstić information content (AvgIpc) is 2.27. The van der Waals surface area contributed by atoms with E-state index in [1.165, 1.54) is 0 Å². The molecule has 4 heteroatoms. The van der Waals surface area contributed by atoms with Crippen LogP contribution in [0.5, 0.6) is 0 Å². The fourth-order valence-corrected chi connectivity index (χ4v) is 1.73. The molecule has 0 aromatic heterocycles. The lowest BCUT2D eigenvalue weighted by atomic mass is 9.93. The molecule has 0 spiro atoms. The van der Waals surface area contributed by atoms with Gasteiger partial charge in [-0.15, -0.1) is 0 Å². The molecular weight excluding hydrogens is 238 g/mol. The van der Waals surface area contributed by atoms with Crippen molar-refractivity contribution in [1.82, 2.24) is 0 Å². The Kier molecular flexibility index (Phi) is 5.01. The van der Waals surface area contributed by atoms with Crippen LogP contribution in [0, 0.1) is 17.6 Å². The number of carboxylic acid groups (broad SMARTS) is 1. The number of rotatable bonds is 5. The van der Waals surface area contributed by atoms with Gasteiger partial charge in [-0.2, -0.15) is 0 Å². The summed E-state index contributed by atoms with van der Waals surface area (Å²) in [7, 11) is 0. The SMILES string of the molecule is CC(C)/C(=C\CCC(=O)O)c1cc(F)ccc1F. The number of hydrogen-bond acceptors (Lipinski definition) is 1. The minimum absolute atomic E-state index is 0.00454. The van der Waals surface area contributed by atoms with E-state index in [1.807, 2.05) is 13.8 Å². The van der Waals surface area contributed by atoms with E-state index in [0.29, 0.717) is 12.0 Å². The van der Waals surface area contributed by atoms with E-state index in [9.17, 15) is 13.6 Å². The van der Waals surface area contributed by atoms with Crippen LogP contribution in [0.2, 0.25) is 0 Å². The second kappa shape index (κ2) is 6.28. The summed E-state index contributed by atoms with van der Waals surface area (Å²) < 4.78 is 26.8. The topological polar surface area (TPSA) is 37.3 Å². The predicted molar refractivity (Wildman–Crippen MR) is 66.0 cm³/mol. The monoisotopic (exact) mass is 254 g/mol. The molecule has 0 aliphatic carbocycles. The van der Waals surface area contributed by atoms with Gasteiger partial charge < -0.3 is 5.11 Å². The first kappa shape index (κ1) is 14.4. The molecule has 1 aromatic carbocycles. The van der Waals surface area contributed by atoms with E-state index >= 15 is 0 Å². The zero-order chi connectivity index (χ0) is 13.7. The van der Waals surface area contributed by atoms with E-state index in [1.54, 1.807) is 6.08 Å². The zero-order valence-corrected chi connectivity index (χ0v) is 10.4. The Balaban J connectivity index is 3.04. The average molecular weight is 254 g/mol. The number of carbonyl (C=O) groups is 1. The van der Waals surface area contributed by atoms with Gasteiger partial charge in [0, 0.05) is 12.0 Å². The van der Waals surface area contributed by atoms with Gasteiger partial charge in [-0.05, 0) is 36.1 Å². The standard InChI is InChI=1S/C14H16F2O2/c1-9(2)11(4-3-5-14(17)18)12-8-10(15)6-7-13(12)16/h4,6-9H,3,5H2,1-2H3,(H,17,18)/b11-4+. The van der Waals surface area contributed by atoms with Crippen LogP contribution in [0.1, 0.15) is 32.3 Å². The maximum absolute atomic E-state index is 13.6. The molecule has 0 radical (unpaired) electrons. The molecule has 0 saturated heterocycles. The molecule has 0 heterocycles. The molecular formula is C14H16F2O2. The number of carboxylic acids is 1. The van der Waals surface area contributed by atoms with E-state index < -0.39 is 17.6 Å². The van der Waals surface area contributed by atoms with Crippen LogP contribution in [0.25, 0.3) is 5.57 Å². The Bertz CT molecular complexity index is 465. The third-order valence-corrected chi connectivity index (χ3v) is 2.58. The van der Waals surface area contributed by atoms with Crippen molar-refractivity contribution >= 4 is 11.5 Å². The molecule has 18 heavy (non-hydrogen) atoms. The molecule has 0 aliphatic rings. The number of aliphatic carboxylic acids is 1. The Morgan fingerprint density at radius 1 is 1.39 bits per heavy atom. The quantitative estimate of drug-likeness (QED) is 0.866. The maximum Gasteiger partial charge on any atom is 0.303 e. The summed E-state index contributed by atoms with van der Waals surface area (Å²) in [6, 6.07) is 3.29. The van der Waals surface area contributed by atoms with Gasteiger partial charge in [-0.1, -0.05) is 19.9 Å². The van der Waals surface area contributed by atoms with Gasteiger partial charge in [0.1, 0.15) is 11.6 Å². The van der Waals surface area contributed by atoms with Crippen molar-refractivity contribution in [1.29, 1.82) is 0 Å². The predicted octanol–water partition coefficient (Wildman–Crippen LogP) is 3.87. The third kappa shape index (κ3) is 3.95. The molecule has 1 N–H and O–H groups in total. The van der Waals surface area contributed by atoms with Crippen LogP contribution in [0.3, 0.4) is 0 Å². The molecule has 0 atom stereocenters. The normalized spacial score (nSPS) is 11.9. The minimum Gasteiger partial charge on any atom is -0.481 e. The molecule has 0 unspecified atom stereocenters. The van der Waals surface area contributed by atoms with Gasteiger partial charge in [0.15, 0.2) is 0 Å². The highest BCUT2D eigenvalue weighted by Gasteiger charge is 2.12. The van der Waals surface area contributed by atoms with Crippen molar-refractivity contribution in [3.8, 4) is 0 Å². The van der Waals surface area contributed by atoms with E-state index in [2.05, 4.69) is 0 Å². The van der Waals surface area contributed by atoms with Gasteiger partial charge in [0.2, 0.25) is 0 Å². The summed E-state index contributed by atoms with van der Waals surface area (Å²) in [5, 5.41) is 8.57. The van der Waals surface area contributed by atoms with Crippen molar-refractivity contribution in [3.05, 3.63) is 41.5 Å². The van der Waals surface area contributed by atoms with Gasteiger partial charge in [0.05, 0.1) is 0 Å². The fraction of sp³-hybridized carbons (Fsp3) is 0.357. The van der Waals surface area contributed by atoms with Crippen molar-refractivity contribution in [3.63, 3.8) is 0 Å². The smallest absolute Gasteiger partial charge is 0.303 e. The Morgan fingerprint density at radius 2 is 2.06 bits per heavy atom. The molecule has 1 rings (SSSR count). The highest BCUT2D eigenvalue weighted by atomic mass is 19.1. The number of halogens is 2. The first-order valence-electron chi connectivity index (χ1n) is 5.79. The molecule has 0 bridgehead atoms.